The highest BCUT2D eigenvalue weighted by Crippen LogP contribution is 2.16. The van der Waals surface area contributed by atoms with Gasteiger partial charge in [-0.3, -0.25) is 4.79 Å². The first-order valence-electron chi connectivity index (χ1n) is 6.27. The number of carbonyl (C=O) groups is 1. The molecule has 1 atom stereocenters. The zero-order chi connectivity index (χ0) is 13.4. The molecule has 0 saturated carbocycles. The van der Waals surface area contributed by atoms with Crippen LogP contribution in [0.1, 0.15) is 47.5 Å². The van der Waals surface area contributed by atoms with Gasteiger partial charge < -0.3 is 4.74 Å². The number of hydrogen-bond acceptors (Lipinski definition) is 2. The van der Waals surface area contributed by atoms with E-state index in [4.69, 9.17) is 4.74 Å². The number of esters is 1. The lowest BCUT2D eigenvalue weighted by Gasteiger charge is -2.16. The molecule has 0 heterocycles. The minimum Gasteiger partial charge on any atom is -0.465 e. The van der Waals surface area contributed by atoms with Gasteiger partial charge in [0.25, 0.3) is 0 Å². The average Bonchev–Trinajstić information content (AvgIpc) is 2.15. The number of hydrogen-bond donors (Lipinski definition) is 0. The molecule has 2 heteroatoms. The number of rotatable bonds is 7. The summed E-state index contributed by atoms with van der Waals surface area (Å²) in [5, 5.41) is 0. The zero-order valence-electron chi connectivity index (χ0n) is 11.9. The van der Waals surface area contributed by atoms with Crippen LogP contribution in [0.3, 0.4) is 0 Å². The van der Waals surface area contributed by atoms with Gasteiger partial charge in [-0.15, -0.1) is 0 Å². The maximum Gasteiger partial charge on any atom is 0.306 e. The molecule has 0 amide bonds. The summed E-state index contributed by atoms with van der Waals surface area (Å²) in [6.07, 6.45) is 3.55. The first-order valence-corrected chi connectivity index (χ1v) is 6.27. The van der Waals surface area contributed by atoms with Crippen molar-refractivity contribution >= 4 is 5.97 Å². The van der Waals surface area contributed by atoms with E-state index in [1.165, 1.54) is 5.57 Å². The summed E-state index contributed by atoms with van der Waals surface area (Å²) in [6.45, 7) is 14.6. The predicted octanol–water partition coefficient (Wildman–Crippen LogP) is 4.12. The topological polar surface area (TPSA) is 26.3 Å². The molecule has 0 aromatic carbocycles. The van der Waals surface area contributed by atoms with Crippen LogP contribution in [0.25, 0.3) is 0 Å². The Hall–Kier alpha value is -1.05. The fraction of sp³-hybridized carbons (Fsp3) is 0.667. The molecular weight excluding hydrogens is 212 g/mol. The molecule has 0 aromatic heterocycles. The lowest BCUT2D eigenvalue weighted by atomic mass is 9.98. The smallest absolute Gasteiger partial charge is 0.306 e. The maximum absolute atomic E-state index is 11.5. The van der Waals surface area contributed by atoms with Gasteiger partial charge in [-0.2, -0.15) is 0 Å². The summed E-state index contributed by atoms with van der Waals surface area (Å²) >= 11 is 0. The quantitative estimate of drug-likeness (QED) is 0.492. The molecule has 0 aliphatic heterocycles. The summed E-state index contributed by atoms with van der Waals surface area (Å²) in [5.41, 5.74) is 2.35. The molecule has 0 radical (unpaired) electrons. The third-order valence-electron chi connectivity index (χ3n) is 2.53. The fourth-order valence-corrected chi connectivity index (χ4v) is 1.38. The summed E-state index contributed by atoms with van der Waals surface area (Å²) < 4.78 is 5.28. The first kappa shape index (κ1) is 16.0. The Morgan fingerprint density at radius 3 is 2.29 bits per heavy atom. The van der Waals surface area contributed by atoms with E-state index in [0.29, 0.717) is 18.9 Å². The lowest BCUT2D eigenvalue weighted by Crippen LogP contribution is -2.15. The molecule has 0 rings (SSSR count). The normalized spacial score (nSPS) is 12.1. The van der Waals surface area contributed by atoms with Crippen molar-refractivity contribution in [1.82, 2.24) is 0 Å². The first-order chi connectivity index (χ1) is 7.82. The van der Waals surface area contributed by atoms with Gasteiger partial charge in [-0.25, -0.2) is 0 Å². The minimum atomic E-state index is -0.108. The molecule has 0 spiro atoms. The Balaban J connectivity index is 4.14. The van der Waals surface area contributed by atoms with E-state index in [1.54, 1.807) is 0 Å². The number of ether oxygens (including phenoxy) is 1. The van der Waals surface area contributed by atoms with Crippen LogP contribution >= 0.6 is 0 Å². The van der Waals surface area contributed by atoms with Gasteiger partial charge in [0.2, 0.25) is 0 Å². The molecule has 0 aliphatic rings. The SMILES string of the molecule is C=C(C)[C@@H](CC=C(C)C)COC(=O)CC(C)C. The molecule has 0 unspecified atom stereocenters. The second-order valence-corrected chi connectivity index (χ2v) is 5.34. The van der Waals surface area contributed by atoms with Crippen LogP contribution in [0.4, 0.5) is 0 Å². The Kier molecular flexibility index (Phi) is 7.60. The highest BCUT2D eigenvalue weighted by Gasteiger charge is 2.12. The fourth-order valence-electron chi connectivity index (χ4n) is 1.38. The van der Waals surface area contributed by atoms with Crippen molar-refractivity contribution < 1.29 is 9.53 Å². The number of allylic oxidation sites excluding steroid dienone is 2. The molecule has 0 bridgehead atoms. The molecule has 2 nitrogen and oxygen atoms in total. The zero-order valence-corrected chi connectivity index (χ0v) is 11.9. The minimum absolute atomic E-state index is 0.108. The average molecular weight is 238 g/mol. The van der Waals surface area contributed by atoms with Crippen LogP contribution in [0.2, 0.25) is 0 Å². The molecule has 98 valence electrons. The largest absolute Gasteiger partial charge is 0.465 e. The van der Waals surface area contributed by atoms with Gasteiger partial charge in [0.05, 0.1) is 6.61 Å². The summed E-state index contributed by atoms with van der Waals surface area (Å²) in [5.74, 6) is 0.480. The molecule has 0 aromatic rings. The summed E-state index contributed by atoms with van der Waals surface area (Å²) in [6, 6.07) is 0. The van der Waals surface area contributed by atoms with E-state index in [-0.39, 0.29) is 11.9 Å². The van der Waals surface area contributed by atoms with Gasteiger partial charge in [0.1, 0.15) is 0 Å². The number of carbonyl (C=O) groups excluding carboxylic acids is 1. The van der Waals surface area contributed by atoms with Crippen molar-refractivity contribution in [2.45, 2.75) is 47.5 Å². The van der Waals surface area contributed by atoms with Crippen molar-refractivity contribution in [2.75, 3.05) is 6.61 Å². The van der Waals surface area contributed by atoms with Crippen LogP contribution in [0.5, 0.6) is 0 Å². The standard InChI is InChI=1S/C15H26O2/c1-11(2)7-8-14(13(5)6)10-17-15(16)9-12(3)4/h7,12,14H,5,8-10H2,1-4,6H3/t14-/m0/s1. The third kappa shape index (κ3) is 8.73. The predicted molar refractivity (Wildman–Crippen MR) is 72.8 cm³/mol. The van der Waals surface area contributed by atoms with Gasteiger partial charge in [-0.05, 0) is 33.1 Å². The molecule has 0 fully saturated rings. The second kappa shape index (κ2) is 8.10. The van der Waals surface area contributed by atoms with E-state index < -0.39 is 0 Å². The Morgan fingerprint density at radius 1 is 1.29 bits per heavy atom. The molecule has 17 heavy (non-hydrogen) atoms. The summed E-state index contributed by atoms with van der Waals surface area (Å²) in [4.78, 5) is 11.5. The highest BCUT2D eigenvalue weighted by molar-refractivity contribution is 5.69. The highest BCUT2D eigenvalue weighted by atomic mass is 16.5. The van der Waals surface area contributed by atoms with Crippen LogP contribution < -0.4 is 0 Å². The van der Waals surface area contributed by atoms with Gasteiger partial charge in [-0.1, -0.05) is 37.6 Å². The van der Waals surface area contributed by atoms with E-state index >= 15 is 0 Å². The lowest BCUT2D eigenvalue weighted by molar-refractivity contribution is -0.145. The summed E-state index contributed by atoms with van der Waals surface area (Å²) in [7, 11) is 0. The molecule has 0 N–H and O–H groups in total. The van der Waals surface area contributed by atoms with E-state index in [9.17, 15) is 4.79 Å². The van der Waals surface area contributed by atoms with Crippen molar-refractivity contribution in [3.05, 3.63) is 23.8 Å². The molecular formula is C15H26O2. The Labute approximate surface area is 106 Å². The van der Waals surface area contributed by atoms with E-state index in [0.717, 1.165) is 12.0 Å². The van der Waals surface area contributed by atoms with Crippen LogP contribution in [-0.4, -0.2) is 12.6 Å². The van der Waals surface area contributed by atoms with Crippen LogP contribution in [-0.2, 0) is 9.53 Å². The van der Waals surface area contributed by atoms with Gasteiger partial charge >= 0.3 is 5.97 Å². The van der Waals surface area contributed by atoms with E-state index in [2.05, 4.69) is 26.5 Å². The van der Waals surface area contributed by atoms with Gasteiger partial charge in [0.15, 0.2) is 0 Å². The van der Waals surface area contributed by atoms with Crippen molar-refractivity contribution in [2.24, 2.45) is 11.8 Å². The molecule has 0 saturated heterocycles. The second-order valence-electron chi connectivity index (χ2n) is 5.34. The Bertz CT molecular complexity index is 283. The van der Waals surface area contributed by atoms with Crippen LogP contribution in [0.15, 0.2) is 23.8 Å². The van der Waals surface area contributed by atoms with Gasteiger partial charge in [0, 0.05) is 12.3 Å². The Morgan fingerprint density at radius 2 is 1.88 bits per heavy atom. The third-order valence-corrected chi connectivity index (χ3v) is 2.53. The van der Waals surface area contributed by atoms with E-state index in [1.807, 2.05) is 20.8 Å². The van der Waals surface area contributed by atoms with Crippen molar-refractivity contribution in [3.8, 4) is 0 Å². The van der Waals surface area contributed by atoms with Crippen molar-refractivity contribution in [3.63, 3.8) is 0 Å². The monoisotopic (exact) mass is 238 g/mol. The van der Waals surface area contributed by atoms with Crippen LogP contribution in [0, 0.1) is 11.8 Å². The maximum atomic E-state index is 11.5. The van der Waals surface area contributed by atoms with Crippen molar-refractivity contribution in [1.29, 1.82) is 0 Å². The molecule has 0 aliphatic carbocycles.